The molecule has 2 aromatic carbocycles. The van der Waals surface area contributed by atoms with Gasteiger partial charge in [0.15, 0.2) is 5.78 Å². The van der Waals surface area contributed by atoms with Crippen molar-refractivity contribution in [2.24, 2.45) is 4.99 Å². The number of amidine groups is 1. The number of anilines is 2. The fraction of sp³-hybridized carbons (Fsp3) is 0.360. The van der Waals surface area contributed by atoms with Crippen molar-refractivity contribution in [1.82, 2.24) is 0 Å². The summed E-state index contributed by atoms with van der Waals surface area (Å²) >= 11 is 0. The molecule has 0 atom stereocenters. The molecule has 4 rings (SSSR count). The van der Waals surface area contributed by atoms with Crippen molar-refractivity contribution in [1.29, 1.82) is 0 Å². The number of benzene rings is 2. The van der Waals surface area contributed by atoms with Crippen LogP contribution in [0.15, 0.2) is 58.7 Å². The SMILES string of the molecule is CCC1(CC)C(=O)C(=C2Cc3ccccc3N2)C(=NC)N1c1cc(OC)cc(OC)c1. The predicted molar refractivity (Wildman–Crippen MR) is 124 cm³/mol. The van der Waals surface area contributed by atoms with E-state index in [0.29, 0.717) is 42.2 Å². The second kappa shape index (κ2) is 8.10. The maximum atomic E-state index is 14.0. The zero-order valence-electron chi connectivity index (χ0n) is 18.8. The Kier molecular flexibility index (Phi) is 5.48. The van der Waals surface area contributed by atoms with E-state index in [1.165, 1.54) is 5.56 Å². The summed E-state index contributed by atoms with van der Waals surface area (Å²) in [6, 6.07) is 13.9. The van der Waals surface area contributed by atoms with Gasteiger partial charge in [0, 0.05) is 43.1 Å². The van der Waals surface area contributed by atoms with E-state index in [-0.39, 0.29) is 5.78 Å². The van der Waals surface area contributed by atoms with Crippen LogP contribution < -0.4 is 19.7 Å². The number of hydrogen-bond donors (Lipinski definition) is 1. The van der Waals surface area contributed by atoms with Gasteiger partial charge in [-0.2, -0.15) is 0 Å². The number of rotatable bonds is 5. The van der Waals surface area contributed by atoms with Gasteiger partial charge in [0.1, 0.15) is 22.9 Å². The highest BCUT2D eigenvalue weighted by atomic mass is 16.5. The minimum Gasteiger partial charge on any atom is -0.497 e. The highest BCUT2D eigenvalue weighted by molar-refractivity contribution is 6.37. The van der Waals surface area contributed by atoms with Crippen LogP contribution in [0, 0.1) is 0 Å². The fourth-order valence-electron chi connectivity index (χ4n) is 4.76. The van der Waals surface area contributed by atoms with Gasteiger partial charge in [-0.1, -0.05) is 32.0 Å². The molecule has 0 radical (unpaired) electrons. The van der Waals surface area contributed by atoms with Crippen molar-refractivity contribution in [3.05, 3.63) is 59.3 Å². The van der Waals surface area contributed by atoms with E-state index in [2.05, 4.69) is 35.1 Å². The molecular weight excluding hydrogens is 390 g/mol. The second-order valence-electron chi connectivity index (χ2n) is 7.83. The number of nitrogens with one attached hydrogen (secondary N) is 1. The maximum Gasteiger partial charge on any atom is 0.194 e. The number of fused-ring (bicyclic) bond motifs is 1. The van der Waals surface area contributed by atoms with Crippen LogP contribution in [-0.2, 0) is 11.2 Å². The lowest BCUT2D eigenvalue weighted by Gasteiger charge is -2.36. The Morgan fingerprint density at radius 3 is 2.26 bits per heavy atom. The second-order valence-corrected chi connectivity index (χ2v) is 7.83. The van der Waals surface area contributed by atoms with E-state index in [4.69, 9.17) is 9.47 Å². The van der Waals surface area contributed by atoms with E-state index in [1.807, 2.05) is 36.4 Å². The maximum absolute atomic E-state index is 14.0. The molecule has 162 valence electrons. The molecule has 0 aromatic heterocycles. The summed E-state index contributed by atoms with van der Waals surface area (Å²) in [5.41, 5.74) is 3.94. The first-order valence-corrected chi connectivity index (χ1v) is 10.7. The van der Waals surface area contributed by atoms with E-state index in [9.17, 15) is 4.79 Å². The fourth-order valence-corrected chi connectivity index (χ4v) is 4.76. The topological polar surface area (TPSA) is 63.2 Å². The number of aliphatic imine (C=N–C) groups is 1. The van der Waals surface area contributed by atoms with Crippen molar-refractivity contribution in [2.75, 3.05) is 31.5 Å². The molecule has 0 amide bonds. The van der Waals surface area contributed by atoms with Gasteiger partial charge in [-0.3, -0.25) is 9.79 Å². The molecule has 0 saturated carbocycles. The molecule has 2 aliphatic rings. The first-order valence-electron chi connectivity index (χ1n) is 10.7. The van der Waals surface area contributed by atoms with E-state index in [0.717, 1.165) is 17.1 Å². The molecule has 2 aliphatic heterocycles. The Morgan fingerprint density at radius 2 is 1.71 bits per heavy atom. The third-order valence-corrected chi connectivity index (χ3v) is 6.46. The third kappa shape index (κ3) is 3.17. The highest BCUT2D eigenvalue weighted by Crippen LogP contribution is 2.45. The third-order valence-electron chi connectivity index (χ3n) is 6.46. The number of carbonyl (C=O) groups excluding carboxylic acids is 1. The van der Waals surface area contributed by atoms with Gasteiger partial charge in [-0.05, 0) is 24.5 Å². The summed E-state index contributed by atoms with van der Waals surface area (Å²) in [4.78, 5) is 20.7. The van der Waals surface area contributed by atoms with Crippen molar-refractivity contribution in [3.8, 4) is 11.5 Å². The molecule has 1 saturated heterocycles. The van der Waals surface area contributed by atoms with Crippen LogP contribution >= 0.6 is 0 Å². The molecule has 0 bridgehead atoms. The van der Waals surface area contributed by atoms with Gasteiger partial charge >= 0.3 is 0 Å². The number of Topliss-reactive ketones (excluding diaryl/α,β-unsaturated/α-hetero) is 1. The summed E-state index contributed by atoms with van der Waals surface area (Å²) in [5, 5.41) is 3.48. The number of nitrogens with zero attached hydrogens (tertiary/aromatic N) is 2. The smallest absolute Gasteiger partial charge is 0.194 e. The number of allylic oxidation sites excluding steroid dienone is 1. The standard InChI is InChI=1S/C25H29N3O3/c1-6-25(7-2)23(29)22(21-12-16-10-8-9-11-20(16)27-21)24(26-3)28(25)17-13-18(30-4)15-19(14-17)31-5/h8-11,13-15,27H,6-7,12H2,1-5H3. The molecule has 1 fully saturated rings. The largest absolute Gasteiger partial charge is 0.497 e. The van der Waals surface area contributed by atoms with Crippen LogP contribution in [0.1, 0.15) is 32.3 Å². The number of hydrogen-bond acceptors (Lipinski definition) is 5. The lowest BCUT2D eigenvalue weighted by molar-refractivity contribution is -0.119. The lowest BCUT2D eigenvalue weighted by Crippen LogP contribution is -2.49. The number of carbonyl (C=O) groups is 1. The van der Waals surface area contributed by atoms with E-state index >= 15 is 0 Å². The van der Waals surface area contributed by atoms with Crippen LogP contribution in [0.3, 0.4) is 0 Å². The molecule has 6 heteroatoms. The van der Waals surface area contributed by atoms with Crippen LogP contribution in [0.4, 0.5) is 11.4 Å². The first-order chi connectivity index (χ1) is 15.0. The summed E-state index contributed by atoms with van der Waals surface area (Å²) in [6.45, 7) is 4.12. The van der Waals surface area contributed by atoms with Crippen LogP contribution in [-0.4, -0.2) is 38.4 Å². The van der Waals surface area contributed by atoms with E-state index < -0.39 is 5.54 Å². The molecule has 0 aliphatic carbocycles. The molecule has 2 heterocycles. The number of para-hydroxylation sites is 1. The average Bonchev–Trinajstić information content (AvgIpc) is 3.34. The zero-order valence-corrected chi connectivity index (χ0v) is 18.8. The number of ketones is 1. The van der Waals surface area contributed by atoms with Crippen molar-refractivity contribution in [3.63, 3.8) is 0 Å². The quantitative estimate of drug-likeness (QED) is 0.718. The summed E-state index contributed by atoms with van der Waals surface area (Å²) in [7, 11) is 5.00. The normalized spacial score (nSPS) is 20.7. The predicted octanol–water partition coefficient (Wildman–Crippen LogP) is 4.60. The summed E-state index contributed by atoms with van der Waals surface area (Å²) < 4.78 is 11.0. The van der Waals surface area contributed by atoms with Gasteiger partial charge in [-0.25, -0.2) is 0 Å². The monoisotopic (exact) mass is 419 g/mol. The Morgan fingerprint density at radius 1 is 1.06 bits per heavy atom. The van der Waals surface area contributed by atoms with Crippen molar-refractivity contribution < 1.29 is 14.3 Å². The van der Waals surface area contributed by atoms with Gasteiger partial charge in [0.05, 0.1) is 25.5 Å². The summed E-state index contributed by atoms with van der Waals surface area (Å²) in [5.74, 6) is 2.13. The Bertz CT molecular complexity index is 1030. The minimum atomic E-state index is -0.717. The highest BCUT2D eigenvalue weighted by Gasteiger charge is 2.54. The van der Waals surface area contributed by atoms with Crippen molar-refractivity contribution in [2.45, 2.75) is 38.6 Å². The van der Waals surface area contributed by atoms with E-state index in [1.54, 1.807) is 21.3 Å². The molecule has 31 heavy (non-hydrogen) atoms. The van der Waals surface area contributed by atoms with Gasteiger partial charge in [-0.15, -0.1) is 0 Å². The van der Waals surface area contributed by atoms with Crippen LogP contribution in [0.25, 0.3) is 0 Å². The molecule has 0 unspecified atom stereocenters. The van der Waals surface area contributed by atoms with Gasteiger partial charge in [0.2, 0.25) is 0 Å². The van der Waals surface area contributed by atoms with Crippen LogP contribution in [0.5, 0.6) is 11.5 Å². The summed E-state index contributed by atoms with van der Waals surface area (Å²) in [6.07, 6.45) is 2.00. The number of methoxy groups -OCH3 is 2. The Hall–Kier alpha value is -3.28. The molecule has 2 aromatic rings. The average molecular weight is 420 g/mol. The van der Waals surface area contributed by atoms with Crippen molar-refractivity contribution >= 4 is 23.0 Å². The Labute approximate surface area is 183 Å². The first kappa shape index (κ1) is 21.0. The minimum absolute atomic E-state index is 0.107. The lowest BCUT2D eigenvalue weighted by atomic mass is 9.86. The Balaban J connectivity index is 1.92. The van der Waals surface area contributed by atoms with Gasteiger partial charge in [0.25, 0.3) is 0 Å². The molecule has 6 nitrogen and oxygen atoms in total. The number of ether oxygens (including phenoxy) is 2. The molecular formula is C25H29N3O3. The molecule has 1 N–H and O–H groups in total. The molecule has 0 spiro atoms. The van der Waals surface area contributed by atoms with Crippen LogP contribution in [0.2, 0.25) is 0 Å². The van der Waals surface area contributed by atoms with Gasteiger partial charge < -0.3 is 19.7 Å². The zero-order chi connectivity index (χ0) is 22.2.